The molecule has 7 heteroatoms. The number of benzene rings is 2. The van der Waals surface area contributed by atoms with E-state index >= 15 is 0 Å². The summed E-state index contributed by atoms with van der Waals surface area (Å²) in [6.45, 7) is 5.95. The Kier molecular flexibility index (Phi) is 5.27. The number of aryl methyl sites for hydroxylation is 1. The Morgan fingerprint density at radius 2 is 1.81 bits per heavy atom. The molecule has 0 aliphatic carbocycles. The van der Waals surface area contributed by atoms with Crippen LogP contribution in [0.2, 0.25) is 0 Å². The van der Waals surface area contributed by atoms with E-state index < -0.39 is 6.04 Å². The largest absolute Gasteiger partial charge is 0.353 e. The first-order valence-corrected chi connectivity index (χ1v) is 11.1. The number of hydrogen-bond donors (Lipinski definition) is 1. The van der Waals surface area contributed by atoms with Crippen LogP contribution < -0.4 is 10.2 Å². The van der Waals surface area contributed by atoms with Crippen molar-refractivity contribution in [1.29, 1.82) is 0 Å². The molecule has 0 saturated carbocycles. The Hall–Kier alpha value is -3.45. The van der Waals surface area contributed by atoms with Crippen molar-refractivity contribution in [2.45, 2.75) is 26.3 Å². The van der Waals surface area contributed by atoms with Crippen LogP contribution in [0.4, 0.5) is 5.69 Å². The number of nitrogens with one attached hydrogen (secondary N) is 1. The van der Waals surface area contributed by atoms with Crippen molar-refractivity contribution in [3.05, 3.63) is 77.1 Å². The van der Waals surface area contributed by atoms with Crippen molar-refractivity contribution in [3.63, 3.8) is 0 Å². The Balaban J connectivity index is 1.45. The Morgan fingerprint density at radius 1 is 1.06 bits per heavy atom. The third-order valence-corrected chi connectivity index (χ3v) is 6.46. The monoisotopic (exact) mass is 429 g/mol. The summed E-state index contributed by atoms with van der Waals surface area (Å²) in [6, 6.07) is 17.4. The number of hydrogen-bond acceptors (Lipinski definition) is 4. The second kappa shape index (κ2) is 8.24. The molecular weight excluding hydrogens is 402 g/mol. The molecule has 1 saturated heterocycles. The van der Waals surface area contributed by atoms with Gasteiger partial charge in [-0.3, -0.25) is 14.5 Å². The van der Waals surface area contributed by atoms with Crippen molar-refractivity contribution < 1.29 is 9.59 Å². The zero-order valence-electron chi connectivity index (χ0n) is 18.4. The third-order valence-electron chi connectivity index (χ3n) is 6.46. The molecule has 164 valence electrons. The van der Waals surface area contributed by atoms with Crippen LogP contribution >= 0.6 is 0 Å². The van der Waals surface area contributed by atoms with Gasteiger partial charge in [-0.1, -0.05) is 36.4 Å². The molecular formula is C25H27N5O2. The first-order valence-electron chi connectivity index (χ1n) is 11.1. The van der Waals surface area contributed by atoms with Crippen LogP contribution in [0.1, 0.15) is 28.6 Å². The van der Waals surface area contributed by atoms with Crippen molar-refractivity contribution in [2.24, 2.45) is 0 Å². The van der Waals surface area contributed by atoms with Crippen LogP contribution in [0.3, 0.4) is 0 Å². The molecule has 0 unspecified atom stereocenters. The lowest BCUT2D eigenvalue weighted by Gasteiger charge is -2.35. The van der Waals surface area contributed by atoms with Gasteiger partial charge in [-0.05, 0) is 44.0 Å². The topological polar surface area (TPSA) is 70.5 Å². The molecule has 7 nitrogen and oxygen atoms in total. The number of aromatic nitrogens is 2. The van der Waals surface area contributed by atoms with Crippen LogP contribution in [-0.4, -0.2) is 52.7 Å². The average Bonchev–Trinajstić information content (AvgIpc) is 3.36. The molecule has 3 heterocycles. The highest BCUT2D eigenvalue weighted by Crippen LogP contribution is 2.32. The van der Waals surface area contributed by atoms with Crippen molar-refractivity contribution in [1.82, 2.24) is 20.0 Å². The Bertz CT molecular complexity index is 1170. The second-order valence-corrected chi connectivity index (χ2v) is 8.42. The zero-order chi connectivity index (χ0) is 22.2. The minimum absolute atomic E-state index is 0.0282. The van der Waals surface area contributed by atoms with Crippen molar-refractivity contribution in [3.8, 4) is 5.69 Å². The van der Waals surface area contributed by atoms with Gasteiger partial charge in [0.05, 0.1) is 17.9 Å². The van der Waals surface area contributed by atoms with E-state index in [-0.39, 0.29) is 18.4 Å². The number of piperazine rings is 1. The summed E-state index contributed by atoms with van der Waals surface area (Å²) in [5.74, 6) is -0.0508. The zero-order valence-corrected chi connectivity index (χ0v) is 18.4. The predicted octanol–water partition coefficient (Wildman–Crippen LogP) is 2.55. The molecule has 2 aliphatic rings. The maximum absolute atomic E-state index is 13.3. The van der Waals surface area contributed by atoms with Crippen LogP contribution in [0, 0.1) is 13.8 Å². The summed E-state index contributed by atoms with van der Waals surface area (Å²) in [4.78, 5) is 30.2. The normalized spacial score (nSPS) is 18.5. The maximum Gasteiger partial charge on any atom is 0.242 e. The molecule has 0 bridgehead atoms. The number of rotatable bonds is 4. The first-order chi connectivity index (χ1) is 15.5. The quantitative estimate of drug-likeness (QED) is 0.692. The summed E-state index contributed by atoms with van der Waals surface area (Å²) >= 11 is 0. The van der Waals surface area contributed by atoms with Crippen molar-refractivity contribution in [2.75, 3.05) is 31.1 Å². The molecule has 5 rings (SSSR count). The van der Waals surface area contributed by atoms with Crippen LogP contribution in [0.25, 0.3) is 5.69 Å². The molecule has 0 radical (unpaired) electrons. The van der Waals surface area contributed by atoms with Crippen LogP contribution in [-0.2, 0) is 16.0 Å². The number of nitrogens with zero attached hydrogens (tertiary/aromatic N) is 4. The fourth-order valence-electron chi connectivity index (χ4n) is 4.93. The number of carbonyl (C=O) groups excluding carboxylic acids is 2. The predicted molar refractivity (Wildman–Crippen MR) is 123 cm³/mol. The molecule has 1 fully saturated rings. The molecule has 2 amide bonds. The summed E-state index contributed by atoms with van der Waals surface area (Å²) in [5, 5.41) is 7.71. The SMILES string of the molecule is Cc1nn(-c2ccccc2)c(C)c1[C@H]1C(=O)NCCN1CC(=O)N1CCc2ccccc21. The number of fused-ring (bicyclic) bond motifs is 1. The summed E-state index contributed by atoms with van der Waals surface area (Å²) in [7, 11) is 0. The smallest absolute Gasteiger partial charge is 0.242 e. The number of para-hydroxylation sites is 2. The highest BCUT2D eigenvalue weighted by molar-refractivity contribution is 5.97. The van der Waals surface area contributed by atoms with Gasteiger partial charge >= 0.3 is 0 Å². The van der Waals surface area contributed by atoms with E-state index in [2.05, 4.69) is 11.4 Å². The maximum atomic E-state index is 13.3. The van der Waals surface area contributed by atoms with Crippen LogP contribution in [0.5, 0.6) is 0 Å². The number of amides is 2. The third kappa shape index (κ3) is 3.48. The average molecular weight is 430 g/mol. The summed E-state index contributed by atoms with van der Waals surface area (Å²) in [6.07, 6.45) is 0.869. The lowest BCUT2D eigenvalue weighted by atomic mass is 10.00. The fraction of sp³-hybridized carbons (Fsp3) is 0.320. The molecule has 3 aromatic rings. The summed E-state index contributed by atoms with van der Waals surface area (Å²) in [5.41, 5.74) is 5.73. The van der Waals surface area contributed by atoms with E-state index in [0.29, 0.717) is 19.6 Å². The number of anilines is 1. The standard InChI is InChI=1S/C25H27N5O2/c1-17-23(18(2)30(27-17)20-9-4-3-5-10-20)24-25(32)26-13-15-28(24)16-22(31)29-14-12-19-8-6-7-11-21(19)29/h3-11,24H,12-16H2,1-2H3,(H,26,32)/t24-/m0/s1. The highest BCUT2D eigenvalue weighted by atomic mass is 16.2. The molecule has 32 heavy (non-hydrogen) atoms. The lowest BCUT2D eigenvalue weighted by molar-refractivity contribution is -0.131. The van der Waals surface area contributed by atoms with E-state index in [1.807, 2.05) is 76.9 Å². The molecule has 2 aliphatic heterocycles. The first kappa shape index (κ1) is 20.5. The van der Waals surface area contributed by atoms with Gasteiger partial charge in [-0.15, -0.1) is 0 Å². The molecule has 1 atom stereocenters. The van der Waals surface area contributed by atoms with E-state index in [4.69, 9.17) is 5.10 Å². The highest BCUT2D eigenvalue weighted by Gasteiger charge is 2.37. The molecule has 2 aromatic carbocycles. The van der Waals surface area contributed by atoms with Crippen molar-refractivity contribution >= 4 is 17.5 Å². The molecule has 0 spiro atoms. The second-order valence-electron chi connectivity index (χ2n) is 8.42. The van der Waals surface area contributed by atoms with E-state index in [9.17, 15) is 9.59 Å². The van der Waals surface area contributed by atoms with Gasteiger partial charge in [0.1, 0.15) is 6.04 Å². The minimum Gasteiger partial charge on any atom is -0.353 e. The van der Waals surface area contributed by atoms with Gasteiger partial charge in [0.2, 0.25) is 11.8 Å². The Labute approximate surface area is 187 Å². The summed E-state index contributed by atoms with van der Waals surface area (Å²) < 4.78 is 1.88. The fourth-order valence-corrected chi connectivity index (χ4v) is 4.93. The van der Waals surface area contributed by atoms with E-state index in [1.54, 1.807) is 0 Å². The molecule has 1 N–H and O–H groups in total. The van der Waals surface area contributed by atoms with Gasteiger partial charge in [0, 0.05) is 36.6 Å². The van der Waals surface area contributed by atoms with Crippen LogP contribution in [0.15, 0.2) is 54.6 Å². The lowest BCUT2D eigenvalue weighted by Crippen LogP contribution is -2.53. The van der Waals surface area contributed by atoms with Gasteiger partial charge in [-0.25, -0.2) is 4.68 Å². The minimum atomic E-state index is -0.539. The molecule has 1 aromatic heterocycles. The van der Waals surface area contributed by atoms with E-state index in [0.717, 1.165) is 34.7 Å². The number of carbonyl (C=O) groups is 2. The van der Waals surface area contributed by atoms with Gasteiger partial charge in [-0.2, -0.15) is 5.10 Å². The van der Waals surface area contributed by atoms with Gasteiger partial charge in [0.15, 0.2) is 0 Å². The van der Waals surface area contributed by atoms with Gasteiger partial charge < -0.3 is 10.2 Å². The van der Waals surface area contributed by atoms with Gasteiger partial charge in [0.25, 0.3) is 0 Å². The Morgan fingerprint density at radius 3 is 2.62 bits per heavy atom. The van der Waals surface area contributed by atoms with E-state index in [1.165, 1.54) is 5.56 Å².